The lowest BCUT2D eigenvalue weighted by atomic mass is 10.1. The number of hydrogen-bond donors (Lipinski definition) is 1. The quantitative estimate of drug-likeness (QED) is 0.464. The Balaban J connectivity index is 1.88. The molecule has 0 saturated heterocycles. The number of hydrogen-bond acceptors (Lipinski definition) is 4. The standard InChI is InChI=1S/C24H23F3N2O4S/c1-3-18-6-4-5-7-22(18)29(34(31,32)21-14-8-17(2)9-15-21)16-23(30)28-19-10-12-20(13-11-19)33-24(25,26)27/h4-15H,3,16H2,1-2H3,(H,28,30). The summed E-state index contributed by atoms with van der Waals surface area (Å²) in [4.78, 5) is 12.8. The van der Waals surface area contributed by atoms with Crippen LogP contribution in [0.2, 0.25) is 0 Å². The van der Waals surface area contributed by atoms with Crippen molar-refractivity contribution in [2.75, 3.05) is 16.2 Å². The summed E-state index contributed by atoms with van der Waals surface area (Å²) >= 11 is 0. The lowest BCUT2D eigenvalue weighted by Crippen LogP contribution is -2.38. The first-order valence-corrected chi connectivity index (χ1v) is 11.8. The van der Waals surface area contributed by atoms with Crippen molar-refractivity contribution in [2.24, 2.45) is 0 Å². The Bertz CT molecular complexity index is 1240. The van der Waals surface area contributed by atoms with E-state index in [1.807, 2.05) is 13.8 Å². The Morgan fingerprint density at radius 1 is 0.971 bits per heavy atom. The number of halogens is 3. The highest BCUT2D eigenvalue weighted by Crippen LogP contribution is 2.28. The molecule has 10 heteroatoms. The summed E-state index contributed by atoms with van der Waals surface area (Å²) in [5.41, 5.74) is 2.18. The molecular formula is C24H23F3N2O4S. The van der Waals surface area contributed by atoms with Crippen molar-refractivity contribution in [3.8, 4) is 5.75 Å². The first kappa shape index (κ1) is 25.1. The Morgan fingerprint density at radius 3 is 2.18 bits per heavy atom. The predicted octanol–water partition coefficient (Wildman–Crippen LogP) is 5.29. The molecular weight excluding hydrogens is 469 g/mol. The van der Waals surface area contributed by atoms with Crippen LogP contribution in [0.3, 0.4) is 0 Å². The van der Waals surface area contributed by atoms with E-state index >= 15 is 0 Å². The van der Waals surface area contributed by atoms with E-state index in [9.17, 15) is 26.4 Å². The Kier molecular flexibility index (Phi) is 7.51. The van der Waals surface area contributed by atoms with Crippen molar-refractivity contribution in [2.45, 2.75) is 31.5 Å². The number of benzene rings is 3. The Morgan fingerprint density at radius 2 is 1.59 bits per heavy atom. The van der Waals surface area contributed by atoms with Gasteiger partial charge in [0.05, 0.1) is 10.6 Å². The smallest absolute Gasteiger partial charge is 0.406 e. The molecule has 3 aromatic carbocycles. The summed E-state index contributed by atoms with van der Waals surface area (Å²) in [5.74, 6) is -1.10. The predicted molar refractivity (Wildman–Crippen MR) is 123 cm³/mol. The van der Waals surface area contributed by atoms with Gasteiger partial charge >= 0.3 is 6.36 Å². The van der Waals surface area contributed by atoms with Gasteiger partial charge < -0.3 is 10.1 Å². The molecule has 0 aromatic heterocycles. The largest absolute Gasteiger partial charge is 0.573 e. The molecule has 3 aromatic rings. The van der Waals surface area contributed by atoms with E-state index in [0.29, 0.717) is 12.1 Å². The van der Waals surface area contributed by atoms with Gasteiger partial charge in [-0.1, -0.05) is 42.8 Å². The molecule has 180 valence electrons. The van der Waals surface area contributed by atoms with Crippen LogP contribution < -0.4 is 14.4 Å². The van der Waals surface area contributed by atoms with Crippen LogP contribution in [0.25, 0.3) is 0 Å². The maximum atomic E-state index is 13.5. The van der Waals surface area contributed by atoms with Gasteiger partial charge in [-0.3, -0.25) is 9.10 Å². The minimum Gasteiger partial charge on any atom is -0.406 e. The maximum Gasteiger partial charge on any atom is 0.573 e. The van der Waals surface area contributed by atoms with E-state index in [2.05, 4.69) is 10.1 Å². The second kappa shape index (κ2) is 10.2. The van der Waals surface area contributed by atoms with Crippen molar-refractivity contribution in [1.29, 1.82) is 0 Å². The number of nitrogens with one attached hydrogen (secondary N) is 1. The van der Waals surface area contributed by atoms with E-state index in [-0.39, 0.29) is 10.6 Å². The summed E-state index contributed by atoms with van der Waals surface area (Å²) < 4.78 is 68.9. The lowest BCUT2D eigenvalue weighted by Gasteiger charge is -2.26. The third kappa shape index (κ3) is 6.28. The number of nitrogens with zero attached hydrogens (tertiary/aromatic N) is 1. The van der Waals surface area contributed by atoms with Gasteiger partial charge in [-0.25, -0.2) is 8.42 Å². The molecule has 0 heterocycles. The molecule has 0 atom stereocenters. The molecule has 0 aliphatic carbocycles. The summed E-state index contributed by atoms with van der Waals surface area (Å²) in [6.45, 7) is 3.17. The lowest BCUT2D eigenvalue weighted by molar-refractivity contribution is -0.274. The van der Waals surface area contributed by atoms with Crippen molar-refractivity contribution < 1.29 is 31.1 Å². The average molecular weight is 493 g/mol. The molecule has 0 fully saturated rings. The van der Waals surface area contributed by atoms with Crippen LogP contribution in [-0.2, 0) is 21.2 Å². The van der Waals surface area contributed by atoms with E-state index in [1.54, 1.807) is 36.4 Å². The van der Waals surface area contributed by atoms with Crippen molar-refractivity contribution in [3.05, 3.63) is 83.9 Å². The monoisotopic (exact) mass is 492 g/mol. The zero-order valence-electron chi connectivity index (χ0n) is 18.5. The van der Waals surface area contributed by atoms with Gasteiger partial charge in [-0.2, -0.15) is 0 Å². The molecule has 0 radical (unpaired) electrons. The van der Waals surface area contributed by atoms with Gasteiger partial charge in [0, 0.05) is 5.69 Å². The van der Waals surface area contributed by atoms with Crippen LogP contribution in [0, 0.1) is 6.92 Å². The number of aryl methyl sites for hydroxylation is 2. The summed E-state index contributed by atoms with van der Waals surface area (Å²) in [7, 11) is -4.09. The SMILES string of the molecule is CCc1ccccc1N(CC(=O)Nc1ccc(OC(F)(F)F)cc1)S(=O)(=O)c1ccc(C)cc1. The number of para-hydroxylation sites is 1. The molecule has 0 aliphatic heterocycles. The fraction of sp³-hybridized carbons (Fsp3) is 0.208. The second-order valence-electron chi connectivity index (χ2n) is 7.43. The number of amides is 1. The number of carbonyl (C=O) groups is 1. The molecule has 0 spiro atoms. The molecule has 0 saturated carbocycles. The van der Waals surface area contributed by atoms with Gasteiger partial charge in [0.15, 0.2) is 0 Å². The molecule has 0 bridgehead atoms. The van der Waals surface area contributed by atoms with Gasteiger partial charge in [-0.05, 0) is 61.4 Å². The number of rotatable bonds is 8. The normalized spacial score (nSPS) is 11.7. The first-order valence-electron chi connectivity index (χ1n) is 10.3. The van der Waals surface area contributed by atoms with E-state index < -0.39 is 34.6 Å². The minimum absolute atomic E-state index is 0.0328. The summed E-state index contributed by atoms with van der Waals surface area (Å²) in [5, 5.41) is 2.52. The van der Waals surface area contributed by atoms with E-state index in [0.717, 1.165) is 27.6 Å². The van der Waals surface area contributed by atoms with Crippen LogP contribution in [0.15, 0.2) is 77.7 Å². The molecule has 3 rings (SSSR count). The Hall–Kier alpha value is -3.53. The highest BCUT2D eigenvalue weighted by Gasteiger charge is 2.31. The van der Waals surface area contributed by atoms with Crippen LogP contribution in [0.5, 0.6) is 5.75 Å². The van der Waals surface area contributed by atoms with Gasteiger partial charge in [0.25, 0.3) is 10.0 Å². The molecule has 1 N–H and O–H groups in total. The van der Waals surface area contributed by atoms with Gasteiger partial charge in [0.1, 0.15) is 12.3 Å². The molecule has 6 nitrogen and oxygen atoms in total. The summed E-state index contributed by atoms with van der Waals surface area (Å²) in [6.07, 6.45) is -4.29. The fourth-order valence-electron chi connectivity index (χ4n) is 3.26. The average Bonchev–Trinajstić information content (AvgIpc) is 2.78. The van der Waals surface area contributed by atoms with E-state index in [1.165, 1.54) is 24.3 Å². The number of ether oxygens (including phenoxy) is 1. The zero-order chi connectivity index (χ0) is 24.9. The highest BCUT2D eigenvalue weighted by atomic mass is 32.2. The van der Waals surface area contributed by atoms with Crippen LogP contribution in [-0.4, -0.2) is 27.2 Å². The third-order valence-electron chi connectivity index (χ3n) is 4.91. The number of anilines is 2. The highest BCUT2D eigenvalue weighted by molar-refractivity contribution is 7.92. The molecule has 34 heavy (non-hydrogen) atoms. The van der Waals surface area contributed by atoms with Crippen molar-refractivity contribution in [1.82, 2.24) is 0 Å². The number of alkyl halides is 3. The molecule has 1 amide bonds. The van der Waals surface area contributed by atoms with Crippen LogP contribution in [0.4, 0.5) is 24.5 Å². The van der Waals surface area contributed by atoms with Crippen molar-refractivity contribution in [3.63, 3.8) is 0 Å². The second-order valence-corrected chi connectivity index (χ2v) is 9.29. The Labute approximate surface area is 196 Å². The molecule has 0 unspecified atom stereocenters. The fourth-order valence-corrected chi connectivity index (χ4v) is 4.72. The summed E-state index contributed by atoms with van der Waals surface area (Å²) in [6, 6.07) is 17.7. The minimum atomic E-state index is -4.83. The van der Waals surface area contributed by atoms with Crippen LogP contribution in [0.1, 0.15) is 18.1 Å². The van der Waals surface area contributed by atoms with Crippen molar-refractivity contribution >= 4 is 27.3 Å². The maximum absolute atomic E-state index is 13.5. The third-order valence-corrected chi connectivity index (χ3v) is 6.68. The molecule has 0 aliphatic rings. The first-order chi connectivity index (χ1) is 16.0. The number of carbonyl (C=O) groups excluding carboxylic acids is 1. The number of sulfonamides is 1. The van der Waals surface area contributed by atoms with Crippen LogP contribution >= 0.6 is 0 Å². The van der Waals surface area contributed by atoms with E-state index in [4.69, 9.17) is 0 Å². The zero-order valence-corrected chi connectivity index (χ0v) is 19.3. The van der Waals surface area contributed by atoms with Gasteiger partial charge in [0.2, 0.25) is 5.91 Å². The topological polar surface area (TPSA) is 75.7 Å². The van der Waals surface area contributed by atoms with Gasteiger partial charge in [-0.15, -0.1) is 13.2 Å².